The maximum atomic E-state index is 9.55. The molecule has 0 amide bonds. The molecule has 0 radical (unpaired) electrons. The zero-order chi connectivity index (χ0) is 31.9. The Labute approximate surface area is 268 Å². The molecule has 45 heavy (non-hydrogen) atoms. The first-order valence-corrected chi connectivity index (χ1v) is 16.3. The number of nitrogens with zero attached hydrogens (tertiary/aromatic N) is 5. The molecular formula is C34H41N5O5S. The molecule has 5 rings (SSSR count). The number of carbonyl (C=O) groups is 2. The van der Waals surface area contributed by atoms with Crippen molar-refractivity contribution in [2.75, 3.05) is 25.4 Å². The first kappa shape index (κ1) is 33.8. The van der Waals surface area contributed by atoms with Crippen LogP contribution < -0.4 is 0 Å². The predicted molar refractivity (Wildman–Crippen MR) is 174 cm³/mol. The maximum Gasteiger partial charge on any atom is 0.328 e. The zero-order valence-corrected chi connectivity index (χ0v) is 26.4. The lowest BCUT2D eigenvalue weighted by Gasteiger charge is -2.34. The number of hydrogen-bond donors (Lipinski definition) is 2. The Hall–Kier alpha value is -4.06. The van der Waals surface area contributed by atoms with Crippen molar-refractivity contribution in [3.8, 4) is 0 Å². The van der Waals surface area contributed by atoms with Crippen LogP contribution in [0, 0.1) is 6.92 Å². The summed E-state index contributed by atoms with van der Waals surface area (Å²) in [5.74, 6) is -1.42. The summed E-state index contributed by atoms with van der Waals surface area (Å²) in [5.41, 5.74) is 4.46. The molecule has 2 aromatic heterocycles. The van der Waals surface area contributed by atoms with E-state index in [1.165, 1.54) is 48.9 Å². The van der Waals surface area contributed by atoms with Crippen molar-refractivity contribution in [2.24, 2.45) is 0 Å². The highest BCUT2D eigenvalue weighted by Crippen LogP contribution is 2.30. The van der Waals surface area contributed by atoms with Crippen LogP contribution in [0.4, 0.5) is 0 Å². The van der Waals surface area contributed by atoms with Gasteiger partial charge in [0.1, 0.15) is 17.5 Å². The Kier molecular flexibility index (Phi) is 13.6. The van der Waals surface area contributed by atoms with Gasteiger partial charge in [0.25, 0.3) is 0 Å². The molecule has 10 nitrogen and oxygen atoms in total. The highest BCUT2D eigenvalue weighted by molar-refractivity contribution is 7.99. The number of carboxylic acid groups (broad SMARTS) is 2. The van der Waals surface area contributed by atoms with E-state index in [0.717, 1.165) is 42.4 Å². The number of thioether (sulfide) groups is 1. The van der Waals surface area contributed by atoms with Crippen molar-refractivity contribution in [1.82, 2.24) is 24.7 Å². The number of likely N-dealkylation sites (tertiary alicyclic amines) is 1. The number of hydrogen-bond acceptors (Lipinski definition) is 8. The van der Waals surface area contributed by atoms with Crippen molar-refractivity contribution in [3.05, 3.63) is 102 Å². The van der Waals surface area contributed by atoms with E-state index >= 15 is 0 Å². The number of ether oxygens (including phenoxy) is 1. The van der Waals surface area contributed by atoms with Gasteiger partial charge in [0.2, 0.25) is 0 Å². The molecule has 0 unspecified atom stereocenters. The first-order valence-electron chi connectivity index (χ1n) is 15.3. The van der Waals surface area contributed by atoms with E-state index in [0.29, 0.717) is 18.3 Å². The lowest BCUT2D eigenvalue weighted by Crippen LogP contribution is -2.38. The summed E-state index contributed by atoms with van der Waals surface area (Å²) in [5, 5.41) is 25.4. The fourth-order valence-electron chi connectivity index (χ4n) is 5.15. The van der Waals surface area contributed by atoms with Crippen molar-refractivity contribution < 1.29 is 24.5 Å². The summed E-state index contributed by atoms with van der Waals surface area (Å²) in [4.78, 5) is 25.9. The van der Waals surface area contributed by atoms with Gasteiger partial charge in [0.15, 0.2) is 5.65 Å². The Balaban J connectivity index is 0.000000510. The van der Waals surface area contributed by atoms with Gasteiger partial charge in [-0.3, -0.25) is 0 Å². The number of rotatable bonds is 14. The van der Waals surface area contributed by atoms with Gasteiger partial charge in [-0.25, -0.2) is 14.6 Å². The van der Waals surface area contributed by atoms with E-state index in [1.807, 2.05) is 11.8 Å². The van der Waals surface area contributed by atoms with E-state index in [4.69, 9.17) is 14.9 Å². The van der Waals surface area contributed by atoms with Crippen molar-refractivity contribution in [3.63, 3.8) is 0 Å². The second-order valence-corrected chi connectivity index (χ2v) is 12.0. The summed E-state index contributed by atoms with van der Waals surface area (Å²) in [6.07, 6.45) is 10.3. The monoisotopic (exact) mass is 631 g/mol. The van der Waals surface area contributed by atoms with Crippen LogP contribution in [0.5, 0.6) is 0 Å². The van der Waals surface area contributed by atoms with Crippen molar-refractivity contribution >= 4 is 29.3 Å². The van der Waals surface area contributed by atoms with Crippen LogP contribution in [0.2, 0.25) is 0 Å². The van der Waals surface area contributed by atoms with Gasteiger partial charge >= 0.3 is 11.9 Å². The minimum Gasteiger partial charge on any atom is -0.478 e. The van der Waals surface area contributed by atoms with E-state index in [9.17, 15) is 9.59 Å². The molecule has 1 saturated heterocycles. The molecular weight excluding hydrogens is 590 g/mol. The quantitative estimate of drug-likeness (QED) is 0.0961. The Morgan fingerprint density at radius 1 is 0.933 bits per heavy atom. The highest BCUT2D eigenvalue weighted by Gasteiger charge is 2.24. The lowest BCUT2D eigenvalue weighted by molar-refractivity contribution is -0.134. The van der Waals surface area contributed by atoms with Crippen molar-refractivity contribution in [1.29, 1.82) is 0 Å². The normalized spacial score (nSPS) is 14.1. The third kappa shape index (κ3) is 11.4. The molecule has 0 bridgehead atoms. The highest BCUT2D eigenvalue weighted by atomic mass is 32.2. The van der Waals surface area contributed by atoms with E-state index in [2.05, 4.69) is 93.7 Å². The number of piperidine rings is 1. The molecule has 2 aromatic carbocycles. The molecule has 2 N–H and O–H groups in total. The van der Waals surface area contributed by atoms with Gasteiger partial charge in [-0.2, -0.15) is 0 Å². The molecule has 4 aromatic rings. The smallest absolute Gasteiger partial charge is 0.328 e. The molecule has 0 aliphatic carbocycles. The molecule has 3 heterocycles. The molecule has 238 valence electrons. The summed E-state index contributed by atoms with van der Waals surface area (Å²) in [7, 11) is 0. The lowest BCUT2D eigenvalue weighted by atomic mass is 10.00. The van der Waals surface area contributed by atoms with Crippen LogP contribution >= 0.6 is 11.8 Å². The van der Waals surface area contributed by atoms with E-state index < -0.39 is 11.9 Å². The third-order valence-corrected chi connectivity index (χ3v) is 8.64. The van der Waals surface area contributed by atoms with Crippen molar-refractivity contribution in [2.45, 2.75) is 62.7 Å². The topological polar surface area (TPSA) is 130 Å². The largest absolute Gasteiger partial charge is 0.478 e. The summed E-state index contributed by atoms with van der Waals surface area (Å²) in [6, 6.07) is 23.3. The third-order valence-electron chi connectivity index (χ3n) is 7.47. The van der Waals surface area contributed by atoms with Gasteiger partial charge in [-0.15, -0.1) is 26.6 Å². The van der Waals surface area contributed by atoms with Gasteiger partial charge < -0.3 is 19.8 Å². The SMILES string of the molecule is Cc1cc2ncnn2nc1SCCCCCCN1CCC(OC(c2ccccc2)c2ccccc2)CC1.O=C(O)C=CC(=O)O. The summed E-state index contributed by atoms with van der Waals surface area (Å²) >= 11 is 1.83. The van der Waals surface area contributed by atoms with Gasteiger partial charge in [0, 0.05) is 25.2 Å². The zero-order valence-electron chi connectivity index (χ0n) is 25.6. The van der Waals surface area contributed by atoms with E-state index in [1.54, 1.807) is 11.0 Å². The number of aliphatic carboxylic acids is 2. The minimum absolute atomic E-state index is 0.00827. The number of benzene rings is 2. The number of unbranched alkanes of at least 4 members (excludes halogenated alkanes) is 3. The average Bonchev–Trinajstić information content (AvgIpc) is 3.51. The number of carboxylic acids is 2. The molecule has 0 saturated carbocycles. The maximum absolute atomic E-state index is 9.55. The molecule has 1 aliphatic heterocycles. The number of fused-ring (bicyclic) bond motifs is 1. The second kappa shape index (κ2) is 18.0. The Morgan fingerprint density at radius 3 is 2.13 bits per heavy atom. The van der Waals surface area contributed by atoms with Gasteiger partial charge in [0.05, 0.1) is 6.10 Å². The summed E-state index contributed by atoms with van der Waals surface area (Å²) in [6.45, 7) is 5.56. The van der Waals surface area contributed by atoms with Crippen LogP contribution in [-0.2, 0) is 14.3 Å². The van der Waals surface area contributed by atoms with Gasteiger partial charge in [-0.1, -0.05) is 73.5 Å². The minimum atomic E-state index is -1.26. The summed E-state index contributed by atoms with van der Waals surface area (Å²) < 4.78 is 8.32. The number of aryl methyl sites for hydroxylation is 1. The fourth-order valence-corrected chi connectivity index (χ4v) is 6.11. The van der Waals surface area contributed by atoms with Gasteiger partial charge in [-0.05, 0) is 67.7 Å². The Bertz CT molecular complexity index is 1450. The van der Waals surface area contributed by atoms with E-state index in [-0.39, 0.29) is 6.10 Å². The standard InChI is InChI=1S/C30H37N5OS.C4H4O4/c1-24-22-28-31-23-32-35(28)33-30(24)37-21-11-3-2-10-18-34-19-16-27(17-20-34)36-29(25-12-6-4-7-13-25)26-14-8-5-9-15-26;5-3(6)1-2-4(7)8/h4-9,12-15,22-23,27,29H,2-3,10-11,16-21H2,1H3;1-2H,(H,5,6)(H,7,8). The van der Waals surface area contributed by atoms with Crippen LogP contribution in [0.15, 0.2) is 90.2 Å². The molecule has 1 aliphatic rings. The average molecular weight is 632 g/mol. The van der Waals surface area contributed by atoms with Crippen LogP contribution in [0.1, 0.15) is 61.3 Å². The first-order chi connectivity index (χ1) is 21.9. The fraction of sp³-hybridized carbons (Fsp3) is 0.382. The van der Waals surface area contributed by atoms with Crippen LogP contribution in [-0.4, -0.2) is 78.4 Å². The molecule has 0 atom stereocenters. The number of aromatic nitrogens is 4. The van der Waals surface area contributed by atoms with Crippen LogP contribution in [0.25, 0.3) is 5.65 Å². The molecule has 11 heteroatoms. The molecule has 1 fully saturated rings. The van der Waals surface area contributed by atoms with Crippen LogP contribution in [0.3, 0.4) is 0 Å². The predicted octanol–water partition coefficient (Wildman–Crippen LogP) is 6.07. The second-order valence-electron chi connectivity index (χ2n) is 10.9. The molecule has 0 spiro atoms. The Morgan fingerprint density at radius 2 is 1.53 bits per heavy atom.